The molecule has 0 unspecified atom stereocenters. The fraction of sp³-hybridized carbons (Fsp3) is 0. The average Bonchev–Trinajstić information content (AvgIpc) is 3.31. The van der Waals surface area contributed by atoms with Crippen molar-refractivity contribution in [3.8, 4) is 5.69 Å². The molecule has 2 fully saturated rings. The topological polar surface area (TPSA) is 17.8 Å². The molecule has 2 aliphatic carbocycles. The Balaban J connectivity index is 0.000000276. The van der Waals surface area contributed by atoms with Crippen molar-refractivity contribution >= 4 is 22.6 Å². The molecule has 0 atom stereocenters. The molecule has 0 aliphatic heterocycles. The van der Waals surface area contributed by atoms with Crippen molar-refractivity contribution in [2.75, 3.05) is 0 Å². The van der Waals surface area contributed by atoms with Gasteiger partial charge in [-0.15, -0.1) is 0 Å². The molecule has 4 heteroatoms. The van der Waals surface area contributed by atoms with E-state index < -0.39 is 0 Å². The molecule has 10 radical (unpaired) electrons. The van der Waals surface area contributed by atoms with Gasteiger partial charge in [0.05, 0.1) is 21.1 Å². The molecular formula is C19H15FeIN2+2. The Hall–Kier alpha value is -0.321. The molecule has 0 amide bonds. The van der Waals surface area contributed by atoms with Gasteiger partial charge in [-0.3, -0.25) is 0 Å². The first-order valence-corrected chi connectivity index (χ1v) is 8.12. The summed E-state index contributed by atoms with van der Waals surface area (Å²) in [7, 11) is 0. The van der Waals surface area contributed by atoms with Crippen molar-refractivity contribution in [2.24, 2.45) is 0 Å². The molecule has 0 spiro atoms. The van der Waals surface area contributed by atoms with Crippen molar-refractivity contribution < 1.29 is 17.1 Å². The first-order chi connectivity index (χ1) is 10.9. The van der Waals surface area contributed by atoms with E-state index in [1.165, 1.54) is 5.92 Å². The van der Waals surface area contributed by atoms with Crippen molar-refractivity contribution in [2.45, 2.75) is 0 Å². The summed E-state index contributed by atoms with van der Waals surface area (Å²) in [5.41, 5.74) is 2.24. The quantitative estimate of drug-likeness (QED) is 0.491. The number of aromatic nitrogens is 2. The minimum Gasteiger partial charge on any atom is -0.236 e. The molecule has 2 aromatic rings. The maximum Gasteiger partial charge on any atom is 2.00 e. The summed E-state index contributed by atoms with van der Waals surface area (Å²) in [5.74, 6) is 1.20. The fourth-order valence-electron chi connectivity index (χ4n) is 2.21. The van der Waals surface area contributed by atoms with E-state index in [0.717, 1.165) is 15.0 Å². The first kappa shape index (κ1) is 19.0. The zero-order valence-electron chi connectivity index (χ0n) is 12.3. The summed E-state index contributed by atoms with van der Waals surface area (Å²) < 4.78 is 3.15. The van der Waals surface area contributed by atoms with Crippen LogP contribution >= 0.6 is 22.6 Å². The second-order valence-electron chi connectivity index (χ2n) is 4.72. The van der Waals surface area contributed by atoms with Gasteiger partial charge in [-0.05, 0) is 92.5 Å². The van der Waals surface area contributed by atoms with Gasteiger partial charge in [-0.1, -0.05) is 18.2 Å². The van der Waals surface area contributed by atoms with Crippen LogP contribution in [0, 0.1) is 67.3 Å². The number of halogens is 1. The second kappa shape index (κ2) is 9.85. The number of benzene rings is 1. The maximum absolute atomic E-state index is 4.45. The van der Waals surface area contributed by atoms with Crippen LogP contribution in [0.5, 0.6) is 0 Å². The molecule has 4 rings (SSSR count). The van der Waals surface area contributed by atoms with E-state index in [9.17, 15) is 0 Å². The van der Waals surface area contributed by atoms with Gasteiger partial charge in [-0.25, -0.2) is 4.68 Å². The van der Waals surface area contributed by atoms with E-state index in [1.807, 2.05) is 74.0 Å². The summed E-state index contributed by atoms with van der Waals surface area (Å²) in [4.78, 5) is 0. The van der Waals surface area contributed by atoms with Crippen molar-refractivity contribution in [3.05, 3.63) is 109 Å². The molecule has 0 saturated heterocycles. The standard InChI is InChI=1S/C14H10IN2.C5H5.Fe/c15-13-10-16-17(12-8-2-1-3-9-12)14(13)11-6-4-5-7-11;1-2-4-5-3-1;/h1-10H;1-5H;/q;;+2. The van der Waals surface area contributed by atoms with Gasteiger partial charge in [0.1, 0.15) is 0 Å². The van der Waals surface area contributed by atoms with Gasteiger partial charge in [0.25, 0.3) is 0 Å². The number of hydrogen-bond acceptors (Lipinski definition) is 1. The van der Waals surface area contributed by atoms with Gasteiger partial charge < -0.3 is 0 Å². The summed E-state index contributed by atoms with van der Waals surface area (Å²) in [5, 5.41) is 4.45. The van der Waals surface area contributed by atoms with Crippen LogP contribution in [0.3, 0.4) is 0 Å². The van der Waals surface area contributed by atoms with Crippen LogP contribution < -0.4 is 0 Å². The van der Waals surface area contributed by atoms with Crippen molar-refractivity contribution in [1.29, 1.82) is 0 Å². The molecular weight excluding hydrogens is 439 g/mol. The van der Waals surface area contributed by atoms with Crippen LogP contribution in [-0.2, 0) is 17.1 Å². The molecule has 23 heavy (non-hydrogen) atoms. The minimum atomic E-state index is 0. The third-order valence-electron chi connectivity index (χ3n) is 3.22. The Bertz CT molecular complexity index is 565. The van der Waals surface area contributed by atoms with Crippen LogP contribution in [0.2, 0.25) is 0 Å². The SMILES string of the molecule is Ic1cnn(-c2ccccc2)c1[C]1[CH][CH][CH][CH]1.[CH]1[CH][CH][CH][CH]1.[Fe+2]. The maximum atomic E-state index is 4.45. The Morgan fingerprint density at radius 1 is 0.783 bits per heavy atom. The smallest absolute Gasteiger partial charge is 0.236 e. The van der Waals surface area contributed by atoms with Gasteiger partial charge in [-0.2, -0.15) is 5.10 Å². The van der Waals surface area contributed by atoms with E-state index in [0.29, 0.717) is 0 Å². The Morgan fingerprint density at radius 2 is 1.35 bits per heavy atom. The third-order valence-corrected chi connectivity index (χ3v) is 4.01. The predicted molar refractivity (Wildman–Crippen MR) is 97.3 cm³/mol. The molecule has 114 valence electrons. The monoisotopic (exact) mass is 454 g/mol. The largest absolute Gasteiger partial charge is 2.00 e. The van der Waals surface area contributed by atoms with Crippen molar-refractivity contribution in [1.82, 2.24) is 9.78 Å². The van der Waals surface area contributed by atoms with Gasteiger partial charge in [0, 0.05) is 5.92 Å². The molecule has 1 aromatic carbocycles. The van der Waals surface area contributed by atoms with Crippen LogP contribution in [0.15, 0.2) is 36.5 Å². The van der Waals surface area contributed by atoms with Crippen molar-refractivity contribution in [3.63, 3.8) is 0 Å². The van der Waals surface area contributed by atoms with Crippen LogP contribution in [-0.4, -0.2) is 9.78 Å². The Labute approximate surface area is 164 Å². The molecule has 1 heterocycles. The minimum absolute atomic E-state index is 0. The third kappa shape index (κ3) is 5.07. The van der Waals surface area contributed by atoms with E-state index in [4.69, 9.17) is 0 Å². The molecule has 0 N–H and O–H groups in total. The zero-order chi connectivity index (χ0) is 15.2. The van der Waals surface area contributed by atoms with Gasteiger partial charge in [0.15, 0.2) is 0 Å². The summed E-state index contributed by atoms with van der Waals surface area (Å²) >= 11 is 2.33. The molecule has 0 bridgehead atoms. The van der Waals surface area contributed by atoms with E-state index in [-0.39, 0.29) is 17.1 Å². The van der Waals surface area contributed by atoms with E-state index in [1.54, 1.807) is 0 Å². The molecule has 2 aliphatic rings. The van der Waals surface area contributed by atoms with E-state index >= 15 is 0 Å². The van der Waals surface area contributed by atoms with Crippen LogP contribution in [0.1, 0.15) is 5.69 Å². The normalized spacial score (nSPS) is 17.4. The van der Waals surface area contributed by atoms with E-state index in [2.05, 4.69) is 52.7 Å². The number of hydrogen-bond donors (Lipinski definition) is 0. The van der Waals surface area contributed by atoms with Crippen LogP contribution in [0.25, 0.3) is 5.69 Å². The average molecular weight is 454 g/mol. The number of para-hydroxylation sites is 1. The summed E-state index contributed by atoms with van der Waals surface area (Å²) in [6.07, 6.45) is 20.2. The fourth-order valence-corrected chi connectivity index (χ4v) is 2.87. The summed E-state index contributed by atoms with van der Waals surface area (Å²) in [6.45, 7) is 0. The molecule has 2 saturated carbocycles. The van der Waals surface area contributed by atoms with Gasteiger partial charge >= 0.3 is 17.1 Å². The van der Waals surface area contributed by atoms with Crippen LogP contribution in [0.4, 0.5) is 0 Å². The molecule has 2 nitrogen and oxygen atoms in total. The zero-order valence-corrected chi connectivity index (χ0v) is 15.5. The first-order valence-electron chi connectivity index (χ1n) is 7.04. The molecule has 1 aromatic heterocycles. The van der Waals surface area contributed by atoms with Gasteiger partial charge in [0.2, 0.25) is 0 Å². The Kier molecular flexibility index (Phi) is 8.14. The number of nitrogens with zero attached hydrogens (tertiary/aromatic N) is 2. The predicted octanol–water partition coefficient (Wildman–Crippen LogP) is 4.25. The summed E-state index contributed by atoms with van der Waals surface area (Å²) in [6, 6.07) is 10.2. The second-order valence-corrected chi connectivity index (χ2v) is 5.89. The number of rotatable bonds is 2. The Morgan fingerprint density at radius 3 is 1.91 bits per heavy atom.